The van der Waals surface area contributed by atoms with E-state index in [9.17, 15) is 18.0 Å². The molecule has 0 heterocycles. The van der Waals surface area contributed by atoms with Gasteiger partial charge in [-0.15, -0.1) is 0 Å². The number of amides is 2. The molecule has 1 N–H and O–H groups in total. The number of halogens is 4. The number of carbonyl (C=O) groups is 2. The zero-order valence-electron chi connectivity index (χ0n) is 22.1. The molecule has 0 aliphatic carbocycles. The van der Waals surface area contributed by atoms with Gasteiger partial charge in [0.1, 0.15) is 12.6 Å². The Morgan fingerprint density at radius 1 is 0.850 bits per heavy atom. The van der Waals surface area contributed by atoms with Gasteiger partial charge < -0.3 is 10.2 Å². The SMILES string of the molecule is CC(C)CNC(=O)[C@@H](C)N(Cc1c(Cl)cccc1Cl)C(=O)CN(c1cc(Cl)cc(Cl)c1)S(=O)(=O)c1ccccc1. The van der Waals surface area contributed by atoms with Crippen LogP contribution in [0.15, 0.2) is 71.6 Å². The summed E-state index contributed by atoms with van der Waals surface area (Å²) >= 11 is 25.2. The fraction of sp³-hybridized carbons (Fsp3) is 0.286. The van der Waals surface area contributed by atoms with E-state index in [0.29, 0.717) is 22.2 Å². The Kier molecular flexibility index (Phi) is 11.1. The van der Waals surface area contributed by atoms with Gasteiger partial charge in [0.25, 0.3) is 10.0 Å². The molecule has 0 saturated heterocycles. The van der Waals surface area contributed by atoms with Crippen LogP contribution in [0.1, 0.15) is 26.3 Å². The average Bonchev–Trinajstić information content (AvgIpc) is 2.89. The molecule has 0 bridgehead atoms. The summed E-state index contributed by atoms with van der Waals surface area (Å²) < 4.78 is 28.5. The van der Waals surface area contributed by atoms with Crippen molar-refractivity contribution in [2.24, 2.45) is 5.92 Å². The number of rotatable bonds is 11. The minimum absolute atomic E-state index is 0.0395. The van der Waals surface area contributed by atoms with E-state index in [1.807, 2.05) is 13.8 Å². The molecular weight excluding hydrogens is 616 g/mol. The van der Waals surface area contributed by atoms with Crippen molar-refractivity contribution >= 4 is 73.9 Å². The summed E-state index contributed by atoms with van der Waals surface area (Å²) in [6.07, 6.45) is 0. The van der Waals surface area contributed by atoms with Crippen molar-refractivity contribution in [2.45, 2.75) is 38.3 Å². The molecule has 214 valence electrons. The zero-order chi connectivity index (χ0) is 29.6. The topological polar surface area (TPSA) is 86.8 Å². The van der Waals surface area contributed by atoms with E-state index in [4.69, 9.17) is 46.4 Å². The molecule has 3 aromatic carbocycles. The lowest BCUT2D eigenvalue weighted by atomic mass is 10.1. The number of sulfonamides is 1. The first kappa shape index (κ1) is 32.0. The van der Waals surface area contributed by atoms with Gasteiger partial charge in [0.2, 0.25) is 11.8 Å². The molecule has 0 aromatic heterocycles. The quantitative estimate of drug-likeness (QED) is 0.252. The number of anilines is 1. The normalized spacial score (nSPS) is 12.2. The minimum Gasteiger partial charge on any atom is -0.354 e. The van der Waals surface area contributed by atoms with Gasteiger partial charge in [0, 0.05) is 38.7 Å². The first-order chi connectivity index (χ1) is 18.8. The van der Waals surface area contributed by atoms with Crippen LogP contribution in [0.4, 0.5) is 5.69 Å². The lowest BCUT2D eigenvalue weighted by molar-refractivity contribution is -0.139. The van der Waals surface area contributed by atoms with Crippen LogP contribution in [0.2, 0.25) is 20.1 Å². The maximum Gasteiger partial charge on any atom is 0.264 e. The number of nitrogens with zero attached hydrogens (tertiary/aromatic N) is 2. The Morgan fingerprint density at radius 2 is 1.43 bits per heavy atom. The van der Waals surface area contributed by atoms with Gasteiger partial charge in [-0.05, 0) is 55.3 Å². The van der Waals surface area contributed by atoms with E-state index >= 15 is 0 Å². The van der Waals surface area contributed by atoms with Crippen LogP contribution in [-0.4, -0.2) is 44.3 Å². The molecule has 3 rings (SSSR count). The Labute approximate surface area is 255 Å². The molecule has 0 unspecified atom stereocenters. The molecule has 2 amide bonds. The molecule has 1 atom stereocenters. The number of carbonyl (C=O) groups excluding carboxylic acids is 2. The zero-order valence-corrected chi connectivity index (χ0v) is 25.9. The predicted molar refractivity (Wildman–Crippen MR) is 162 cm³/mol. The fourth-order valence-corrected chi connectivity index (χ4v) is 6.27. The Balaban J connectivity index is 2.07. The third-order valence-electron chi connectivity index (χ3n) is 5.99. The number of nitrogens with one attached hydrogen (secondary N) is 1. The van der Waals surface area contributed by atoms with Crippen molar-refractivity contribution in [1.29, 1.82) is 0 Å². The van der Waals surface area contributed by atoms with E-state index in [0.717, 1.165) is 4.31 Å². The summed E-state index contributed by atoms with van der Waals surface area (Å²) in [6, 6.07) is 15.8. The highest BCUT2D eigenvalue weighted by Gasteiger charge is 2.33. The molecular formula is C28H29Cl4N3O4S. The second-order valence-electron chi connectivity index (χ2n) is 9.49. The third kappa shape index (κ3) is 8.04. The van der Waals surface area contributed by atoms with Gasteiger partial charge in [-0.3, -0.25) is 13.9 Å². The molecule has 3 aromatic rings. The van der Waals surface area contributed by atoms with E-state index in [1.54, 1.807) is 43.3 Å². The summed E-state index contributed by atoms with van der Waals surface area (Å²) in [7, 11) is -4.26. The number of hydrogen-bond acceptors (Lipinski definition) is 4. The largest absolute Gasteiger partial charge is 0.354 e. The summed E-state index contributed by atoms with van der Waals surface area (Å²) in [4.78, 5) is 28.3. The average molecular weight is 645 g/mol. The summed E-state index contributed by atoms with van der Waals surface area (Å²) in [6.45, 7) is 5.05. The smallest absolute Gasteiger partial charge is 0.264 e. The Bertz CT molecular complexity index is 1430. The minimum atomic E-state index is -4.26. The van der Waals surface area contributed by atoms with E-state index in [2.05, 4.69) is 5.32 Å². The van der Waals surface area contributed by atoms with Gasteiger partial charge in [-0.2, -0.15) is 0 Å². The molecule has 0 fully saturated rings. The standard InChI is InChI=1S/C28H29Cl4N3O4S/c1-18(2)15-33-28(37)19(3)34(16-24-25(31)10-7-11-26(24)32)27(36)17-35(22-13-20(29)12-21(30)14-22)40(38,39)23-8-5-4-6-9-23/h4-14,18-19H,15-17H2,1-3H3,(H,33,37)/t19-/m1/s1. The molecule has 0 aliphatic heterocycles. The van der Waals surface area contributed by atoms with Gasteiger partial charge in [0.15, 0.2) is 0 Å². The first-order valence-electron chi connectivity index (χ1n) is 12.3. The monoisotopic (exact) mass is 643 g/mol. The van der Waals surface area contributed by atoms with Gasteiger partial charge >= 0.3 is 0 Å². The second kappa shape index (κ2) is 13.9. The molecule has 7 nitrogen and oxygen atoms in total. The van der Waals surface area contributed by atoms with Crippen molar-refractivity contribution in [3.63, 3.8) is 0 Å². The van der Waals surface area contributed by atoms with Crippen molar-refractivity contribution in [1.82, 2.24) is 10.2 Å². The number of benzene rings is 3. The molecule has 12 heteroatoms. The van der Waals surface area contributed by atoms with Crippen LogP contribution in [0, 0.1) is 5.92 Å². The van der Waals surface area contributed by atoms with Crippen molar-refractivity contribution < 1.29 is 18.0 Å². The van der Waals surface area contributed by atoms with Gasteiger partial charge in [0.05, 0.1) is 10.6 Å². The highest BCUT2D eigenvalue weighted by molar-refractivity contribution is 7.92. The van der Waals surface area contributed by atoms with E-state index < -0.39 is 34.4 Å². The van der Waals surface area contributed by atoms with Crippen LogP contribution in [0.5, 0.6) is 0 Å². The van der Waals surface area contributed by atoms with Crippen LogP contribution in [-0.2, 0) is 26.2 Å². The second-order valence-corrected chi connectivity index (χ2v) is 13.0. The molecule has 0 aliphatic rings. The van der Waals surface area contributed by atoms with E-state index in [1.165, 1.54) is 35.2 Å². The van der Waals surface area contributed by atoms with Crippen LogP contribution in [0.25, 0.3) is 0 Å². The molecule has 40 heavy (non-hydrogen) atoms. The summed E-state index contributed by atoms with van der Waals surface area (Å²) in [5.74, 6) is -0.898. The predicted octanol–water partition coefficient (Wildman–Crippen LogP) is 6.69. The highest BCUT2D eigenvalue weighted by atomic mass is 35.5. The third-order valence-corrected chi connectivity index (χ3v) is 8.92. The van der Waals surface area contributed by atoms with Crippen LogP contribution < -0.4 is 9.62 Å². The maximum absolute atomic E-state index is 14.0. The number of hydrogen-bond donors (Lipinski definition) is 1. The van der Waals surface area contributed by atoms with Crippen LogP contribution in [0.3, 0.4) is 0 Å². The lowest BCUT2D eigenvalue weighted by Gasteiger charge is -2.32. The lowest BCUT2D eigenvalue weighted by Crippen LogP contribution is -2.51. The van der Waals surface area contributed by atoms with Crippen molar-refractivity contribution in [3.05, 3.63) is 92.4 Å². The fourth-order valence-electron chi connectivity index (χ4n) is 3.82. The van der Waals surface area contributed by atoms with E-state index in [-0.39, 0.29) is 33.1 Å². The molecule has 0 radical (unpaired) electrons. The highest BCUT2D eigenvalue weighted by Crippen LogP contribution is 2.31. The van der Waals surface area contributed by atoms with Gasteiger partial charge in [-0.1, -0.05) is 84.5 Å². The maximum atomic E-state index is 14.0. The molecule has 0 spiro atoms. The van der Waals surface area contributed by atoms with Gasteiger partial charge in [-0.25, -0.2) is 8.42 Å². The summed E-state index contributed by atoms with van der Waals surface area (Å²) in [5.41, 5.74) is 0.508. The Morgan fingerprint density at radius 3 is 1.98 bits per heavy atom. The Hall–Kier alpha value is -2.49. The first-order valence-corrected chi connectivity index (χ1v) is 15.3. The van der Waals surface area contributed by atoms with Crippen molar-refractivity contribution in [2.75, 3.05) is 17.4 Å². The molecule has 0 saturated carbocycles. The van der Waals surface area contributed by atoms with Crippen LogP contribution >= 0.6 is 46.4 Å². The summed E-state index contributed by atoms with van der Waals surface area (Å²) in [5, 5.41) is 3.79. The van der Waals surface area contributed by atoms with Crippen molar-refractivity contribution in [3.8, 4) is 0 Å².